The van der Waals surface area contributed by atoms with E-state index in [0.717, 1.165) is 22.1 Å². The summed E-state index contributed by atoms with van der Waals surface area (Å²) >= 11 is 1.15. The SMILES string of the molecule is Cc1csc(Nn2c(=O)c(F)cn([C@H]3C[C@H](O)[C@@H](CO)O3)c2=O)n1. The smallest absolute Gasteiger partial charge is 0.352 e. The highest BCUT2D eigenvalue weighted by atomic mass is 32.1. The maximum absolute atomic E-state index is 13.9. The second-order valence-electron chi connectivity index (χ2n) is 5.33. The molecule has 24 heavy (non-hydrogen) atoms. The Morgan fingerprint density at radius 2 is 2.29 bits per heavy atom. The van der Waals surface area contributed by atoms with Crippen molar-refractivity contribution in [3.8, 4) is 0 Å². The number of rotatable bonds is 4. The highest BCUT2D eigenvalue weighted by Gasteiger charge is 2.35. The van der Waals surface area contributed by atoms with Crippen LogP contribution in [0.3, 0.4) is 0 Å². The molecule has 0 bridgehead atoms. The number of ether oxygens (including phenoxy) is 1. The maximum Gasteiger partial charge on any atom is 0.352 e. The lowest BCUT2D eigenvalue weighted by Gasteiger charge is -2.16. The van der Waals surface area contributed by atoms with Crippen molar-refractivity contribution in [3.63, 3.8) is 0 Å². The maximum atomic E-state index is 13.9. The molecule has 130 valence electrons. The molecule has 3 heterocycles. The van der Waals surface area contributed by atoms with Gasteiger partial charge in [0.05, 0.1) is 24.6 Å². The number of nitrogens with one attached hydrogen (secondary N) is 1. The van der Waals surface area contributed by atoms with Gasteiger partial charge in [-0.3, -0.25) is 14.8 Å². The normalized spacial score (nSPS) is 23.6. The minimum absolute atomic E-state index is 0.0147. The van der Waals surface area contributed by atoms with Gasteiger partial charge in [0.2, 0.25) is 10.9 Å². The Hall–Kier alpha value is -2.08. The third kappa shape index (κ3) is 2.98. The molecular weight excluding hydrogens is 343 g/mol. The molecule has 3 atom stereocenters. The Balaban J connectivity index is 2.00. The number of thiazole rings is 1. The van der Waals surface area contributed by atoms with Crippen LogP contribution in [-0.2, 0) is 4.74 Å². The fourth-order valence-corrected chi connectivity index (χ4v) is 3.07. The van der Waals surface area contributed by atoms with E-state index in [9.17, 15) is 19.1 Å². The van der Waals surface area contributed by atoms with E-state index in [0.29, 0.717) is 10.4 Å². The van der Waals surface area contributed by atoms with Crippen molar-refractivity contribution in [1.29, 1.82) is 0 Å². The topological polar surface area (TPSA) is 119 Å². The highest BCUT2D eigenvalue weighted by Crippen LogP contribution is 2.27. The average Bonchev–Trinajstić information content (AvgIpc) is 3.12. The van der Waals surface area contributed by atoms with Gasteiger partial charge in [-0.1, -0.05) is 0 Å². The summed E-state index contributed by atoms with van der Waals surface area (Å²) < 4.78 is 20.6. The molecular formula is C13H15FN4O5S. The lowest BCUT2D eigenvalue weighted by molar-refractivity contribution is -0.0465. The van der Waals surface area contributed by atoms with E-state index in [1.165, 1.54) is 0 Å². The highest BCUT2D eigenvalue weighted by molar-refractivity contribution is 7.13. The largest absolute Gasteiger partial charge is 0.394 e. The van der Waals surface area contributed by atoms with Gasteiger partial charge in [0.1, 0.15) is 12.3 Å². The molecule has 9 nitrogen and oxygen atoms in total. The molecule has 0 amide bonds. The molecule has 1 saturated heterocycles. The summed E-state index contributed by atoms with van der Waals surface area (Å²) in [5.41, 5.74) is 1.13. The van der Waals surface area contributed by atoms with Crippen molar-refractivity contribution in [2.45, 2.75) is 31.8 Å². The summed E-state index contributed by atoms with van der Waals surface area (Å²) in [6, 6.07) is 0. The summed E-state index contributed by atoms with van der Waals surface area (Å²) in [5.74, 6) is -1.17. The van der Waals surface area contributed by atoms with Crippen LogP contribution in [0.2, 0.25) is 0 Å². The number of halogens is 1. The number of aliphatic hydroxyl groups excluding tert-OH is 2. The minimum atomic E-state index is -1.17. The lowest BCUT2D eigenvalue weighted by Crippen LogP contribution is -2.45. The van der Waals surface area contributed by atoms with E-state index < -0.39 is 42.1 Å². The second kappa shape index (κ2) is 6.43. The van der Waals surface area contributed by atoms with E-state index in [1.807, 2.05) is 0 Å². The summed E-state index contributed by atoms with van der Waals surface area (Å²) in [5, 5.41) is 20.8. The van der Waals surface area contributed by atoms with Crippen molar-refractivity contribution in [2.75, 3.05) is 12.0 Å². The number of aliphatic hydroxyl groups is 2. The van der Waals surface area contributed by atoms with Crippen LogP contribution in [0.25, 0.3) is 0 Å². The quantitative estimate of drug-likeness (QED) is 0.670. The molecule has 0 aromatic carbocycles. The minimum Gasteiger partial charge on any atom is -0.394 e. The van der Waals surface area contributed by atoms with E-state index in [2.05, 4.69) is 10.4 Å². The Kier molecular flexibility index (Phi) is 4.49. The van der Waals surface area contributed by atoms with E-state index in [1.54, 1.807) is 12.3 Å². The van der Waals surface area contributed by atoms with Crippen molar-refractivity contribution in [1.82, 2.24) is 14.2 Å². The monoisotopic (exact) mass is 358 g/mol. The number of aryl methyl sites for hydroxylation is 1. The van der Waals surface area contributed by atoms with Crippen LogP contribution in [0.4, 0.5) is 9.52 Å². The summed E-state index contributed by atoms with van der Waals surface area (Å²) in [7, 11) is 0. The first-order valence-corrected chi connectivity index (χ1v) is 7.96. The van der Waals surface area contributed by atoms with Crippen LogP contribution in [0.15, 0.2) is 21.2 Å². The molecule has 0 radical (unpaired) electrons. The van der Waals surface area contributed by atoms with Gasteiger partial charge in [-0.15, -0.1) is 11.3 Å². The van der Waals surface area contributed by atoms with Crippen LogP contribution in [0, 0.1) is 12.7 Å². The van der Waals surface area contributed by atoms with Crippen molar-refractivity contribution in [3.05, 3.63) is 43.9 Å². The van der Waals surface area contributed by atoms with Crippen LogP contribution >= 0.6 is 11.3 Å². The standard InChI is InChI=1S/C13H15FN4O5S/c1-6-5-24-12(15-6)16-18-11(21)7(14)3-17(13(18)22)10-2-8(20)9(4-19)23-10/h3,5,8-10,19-20H,2,4H2,1H3,(H,15,16)/t8-,9+,10+/m0/s1. The zero-order chi connectivity index (χ0) is 17.4. The van der Waals surface area contributed by atoms with Gasteiger partial charge in [-0.25, -0.2) is 9.78 Å². The van der Waals surface area contributed by atoms with Crippen LogP contribution in [-0.4, -0.2) is 43.3 Å². The van der Waals surface area contributed by atoms with Gasteiger partial charge >= 0.3 is 11.2 Å². The third-order valence-electron chi connectivity index (χ3n) is 3.59. The summed E-state index contributed by atoms with van der Waals surface area (Å²) in [6.45, 7) is 1.29. The molecule has 0 spiro atoms. The molecule has 1 aliphatic heterocycles. The first-order chi connectivity index (χ1) is 11.4. The number of anilines is 1. The van der Waals surface area contributed by atoms with E-state index in [-0.39, 0.29) is 11.6 Å². The first kappa shape index (κ1) is 16.8. The zero-order valence-corrected chi connectivity index (χ0v) is 13.4. The number of aromatic nitrogens is 3. The van der Waals surface area contributed by atoms with E-state index >= 15 is 0 Å². The molecule has 1 aliphatic rings. The molecule has 1 fully saturated rings. The average molecular weight is 358 g/mol. The molecule has 2 aromatic heterocycles. The first-order valence-electron chi connectivity index (χ1n) is 7.08. The summed E-state index contributed by atoms with van der Waals surface area (Å²) in [4.78, 5) is 28.5. The lowest BCUT2D eigenvalue weighted by atomic mass is 10.2. The van der Waals surface area contributed by atoms with Gasteiger partial charge in [-0.2, -0.15) is 9.07 Å². The molecule has 0 saturated carbocycles. The molecule has 3 N–H and O–H groups in total. The molecule has 11 heteroatoms. The summed E-state index contributed by atoms with van der Waals surface area (Å²) in [6.07, 6.45) is -2.15. The molecule has 0 aliphatic carbocycles. The second-order valence-corrected chi connectivity index (χ2v) is 6.19. The molecule has 2 aromatic rings. The van der Waals surface area contributed by atoms with Crippen molar-refractivity contribution < 1.29 is 19.3 Å². The number of hydrogen-bond acceptors (Lipinski definition) is 8. The van der Waals surface area contributed by atoms with E-state index in [4.69, 9.17) is 9.84 Å². The molecule has 3 rings (SSSR count). The van der Waals surface area contributed by atoms with Crippen molar-refractivity contribution in [2.24, 2.45) is 0 Å². The number of hydrogen-bond donors (Lipinski definition) is 3. The van der Waals surface area contributed by atoms with Gasteiger partial charge in [-0.05, 0) is 6.92 Å². The fourth-order valence-electron chi connectivity index (χ4n) is 2.40. The van der Waals surface area contributed by atoms with Crippen molar-refractivity contribution >= 4 is 16.5 Å². The molecule has 0 unspecified atom stereocenters. The predicted molar refractivity (Wildman–Crippen MR) is 82.4 cm³/mol. The Morgan fingerprint density at radius 1 is 1.54 bits per heavy atom. The Labute approximate surface area is 138 Å². The van der Waals surface area contributed by atoms with Gasteiger partial charge < -0.3 is 14.9 Å². The van der Waals surface area contributed by atoms with Crippen LogP contribution in [0.5, 0.6) is 0 Å². The Morgan fingerprint density at radius 3 is 2.88 bits per heavy atom. The van der Waals surface area contributed by atoms with Crippen LogP contribution in [0.1, 0.15) is 18.3 Å². The van der Waals surface area contributed by atoms with Gasteiger partial charge in [0.25, 0.3) is 0 Å². The third-order valence-corrected chi connectivity index (χ3v) is 4.46. The Bertz CT molecular complexity index is 863. The zero-order valence-electron chi connectivity index (χ0n) is 12.5. The predicted octanol–water partition coefficient (Wildman–Crippen LogP) is -0.570. The van der Waals surface area contributed by atoms with Gasteiger partial charge in [0.15, 0.2) is 0 Å². The van der Waals surface area contributed by atoms with Crippen LogP contribution < -0.4 is 16.7 Å². The number of nitrogens with zero attached hydrogens (tertiary/aromatic N) is 3. The van der Waals surface area contributed by atoms with Gasteiger partial charge in [0, 0.05) is 11.8 Å². The fraction of sp³-hybridized carbons (Fsp3) is 0.462.